The van der Waals surface area contributed by atoms with Crippen LogP contribution in [0.2, 0.25) is 0 Å². The SMILES string of the molecule is [B]P(C)n1nc(-c2nc3c(CCN4CCCC4)cccc3[nH]2)c2cc(-c3cncc4ccccc34)ccc21. The highest BCUT2D eigenvalue weighted by atomic mass is 31.1. The van der Waals surface area contributed by atoms with Crippen LogP contribution in [0.15, 0.2) is 73.1 Å². The number of rotatable bonds is 6. The quantitative estimate of drug-likeness (QED) is 0.207. The third-order valence-electron chi connectivity index (χ3n) is 7.66. The summed E-state index contributed by atoms with van der Waals surface area (Å²) in [4.78, 5) is 15.7. The van der Waals surface area contributed by atoms with Gasteiger partial charge in [-0.15, -0.1) is 0 Å². The summed E-state index contributed by atoms with van der Waals surface area (Å²) >= 11 is 0. The number of pyridine rings is 1. The van der Waals surface area contributed by atoms with E-state index >= 15 is 0 Å². The lowest BCUT2D eigenvalue weighted by Gasteiger charge is -2.14. The minimum absolute atomic E-state index is 0.780. The zero-order chi connectivity index (χ0) is 25.6. The van der Waals surface area contributed by atoms with Crippen LogP contribution in [0.5, 0.6) is 0 Å². The zero-order valence-corrected chi connectivity index (χ0v) is 22.3. The molecule has 8 heteroatoms. The van der Waals surface area contributed by atoms with E-state index in [0.717, 1.165) is 62.9 Å². The molecule has 0 saturated carbocycles. The number of likely N-dealkylation sites (tertiary alicyclic amines) is 1. The average molecular weight is 514 g/mol. The van der Waals surface area contributed by atoms with E-state index in [4.69, 9.17) is 17.6 Å². The number of hydrogen-bond donors (Lipinski definition) is 1. The van der Waals surface area contributed by atoms with Gasteiger partial charge >= 0.3 is 0 Å². The molecule has 38 heavy (non-hydrogen) atoms. The molecule has 1 unspecified atom stereocenters. The van der Waals surface area contributed by atoms with E-state index in [-0.39, 0.29) is 0 Å². The Morgan fingerprint density at radius 2 is 1.84 bits per heavy atom. The number of nitrogens with one attached hydrogen (secondary N) is 1. The zero-order valence-electron chi connectivity index (χ0n) is 21.4. The molecule has 186 valence electrons. The van der Waals surface area contributed by atoms with Gasteiger partial charge in [-0.1, -0.05) is 42.5 Å². The number of aromatic nitrogens is 5. The lowest BCUT2D eigenvalue weighted by Crippen LogP contribution is -2.21. The van der Waals surface area contributed by atoms with Gasteiger partial charge in [0.1, 0.15) is 13.3 Å². The predicted octanol–water partition coefficient (Wildman–Crippen LogP) is 6.39. The van der Waals surface area contributed by atoms with E-state index in [1.165, 1.54) is 36.9 Å². The van der Waals surface area contributed by atoms with Gasteiger partial charge in [0.05, 0.1) is 16.6 Å². The molecule has 3 aromatic heterocycles. The van der Waals surface area contributed by atoms with Gasteiger partial charge < -0.3 is 9.88 Å². The summed E-state index contributed by atoms with van der Waals surface area (Å²) in [6, 6.07) is 21.3. The van der Waals surface area contributed by atoms with Gasteiger partial charge in [0, 0.05) is 35.3 Å². The van der Waals surface area contributed by atoms with Crippen molar-refractivity contribution in [2.24, 2.45) is 0 Å². The number of benzene rings is 3. The van der Waals surface area contributed by atoms with Crippen LogP contribution in [0, 0.1) is 0 Å². The summed E-state index contributed by atoms with van der Waals surface area (Å²) in [7, 11) is 5.46. The van der Waals surface area contributed by atoms with Gasteiger partial charge in [0.25, 0.3) is 0 Å². The smallest absolute Gasteiger partial charge is 0.159 e. The predicted molar refractivity (Wildman–Crippen MR) is 159 cm³/mol. The van der Waals surface area contributed by atoms with Crippen LogP contribution in [0.4, 0.5) is 0 Å². The Labute approximate surface area is 224 Å². The first-order valence-electron chi connectivity index (χ1n) is 13.2. The number of para-hydroxylation sites is 1. The highest BCUT2D eigenvalue weighted by Gasteiger charge is 2.20. The third-order valence-corrected chi connectivity index (χ3v) is 8.56. The van der Waals surface area contributed by atoms with Crippen LogP contribution in [-0.2, 0) is 6.42 Å². The Bertz CT molecular complexity index is 1780. The number of nitrogens with zero attached hydrogens (tertiary/aromatic N) is 5. The Kier molecular flexibility index (Phi) is 5.98. The fourth-order valence-corrected chi connectivity index (χ4v) is 6.47. The number of aromatic amines is 1. The van der Waals surface area contributed by atoms with Crippen molar-refractivity contribution >= 4 is 48.2 Å². The van der Waals surface area contributed by atoms with Gasteiger partial charge in [-0.05, 0) is 81.7 Å². The van der Waals surface area contributed by atoms with E-state index < -0.39 is 7.95 Å². The molecule has 6 nitrogen and oxygen atoms in total. The van der Waals surface area contributed by atoms with Crippen LogP contribution < -0.4 is 0 Å². The van der Waals surface area contributed by atoms with Crippen molar-refractivity contribution in [2.45, 2.75) is 19.3 Å². The number of hydrogen-bond acceptors (Lipinski definition) is 4. The molecule has 0 amide bonds. The Balaban J connectivity index is 1.35. The second kappa shape index (κ2) is 9.65. The van der Waals surface area contributed by atoms with Crippen molar-refractivity contribution in [3.8, 4) is 22.6 Å². The van der Waals surface area contributed by atoms with E-state index in [1.807, 2.05) is 29.6 Å². The van der Waals surface area contributed by atoms with E-state index in [1.54, 1.807) is 0 Å². The summed E-state index contributed by atoms with van der Waals surface area (Å²) in [5.74, 6) is 0.780. The number of H-pyrrole nitrogens is 1. The molecule has 0 aliphatic carbocycles. The lowest BCUT2D eigenvalue weighted by molar-refractivity contribution is 0.344. The maximum Gasteiger partial charge on any atom is 0.159 e. The first-order valence-corrected chi connectivity index (χ1v) is 15.0. The maximum absolute atomic E-state index is 6.41. The Morgan fingerprint density at radius 3 is 2.71 bits per heavy atom. The van der Waals surface area contributed by atoms with Crippen molar-refractivity contribution in [1.29, 1.82) is 0 Å². The van der Waals surface area contributed by atoms with Gasteiger partial charge in [-0.25, -0.2) is 4.98 Å². The normalized spacial score (nSPS) is 15.2. The largest absolute Gasteiger partial charge is 0.337 e. The molecule has 1 N–H and O–H groups in total. The number of imidazole rings is 1. The van der Waals surface area contributed by atoms with Gasteiger partial charge in [0.15, 0.2) is 5.82 Å². The van der Waals surface area contributed by atoms with Crippen LogP contribution in [0.25, 0.3) is 55.4 Å². The summed E-state index contributed by atoms with van der Waals surface area (Å²) < 4.78 is 1.95. The van der Waals surface area contributed by atoms with Crippen molar-refractivity contribution in [1.82, 2.24) is 29.4 Å². The van der Waals surface area contributed by atoms with Crippen molar-refractivity contribution in [3.05, 3.63) is 78.6 Å². The molecule has 1 atom stereocenters. The summed E-state index contributed by atoms with van der Waals surface area (Å²) in [5, 5.41) is 8.33. The highest BCUT2D eigenvalue weighted by Crippen LogP contribution is 2.39. The van der Waals surface area contributed by atoms with Crippen molar-refractivity contribution in [3.63, 3.8) is 0 Å². The first kappa shape index (κ1) is 23.6. The topological polar surface area (TPSA) is 62.6 Å². The van der Waals surface area contributed by atoms with Crippen LogP contribution in [0.1, 0.15) is 18.4 Å². The van der Waals surface area contributed by atoms with Crippen LogP contribution in [-0.4, -0.2) is 63.3 Å². The molecule has 2 radical (unpaired) electrons. The second-order valence-electron chi connectivity index (χ2n) is 10.1. The molecule has 0 spiro atoms. The van der Waals surface area contributed by atoms with E-state index in [9.17, 15) is 0 Å². The van der Waals surface area contributed by atoms with Crippen molar-refractivity contribution in [2.75, 3.05) is 26.3 Å². The second-order valence-corrected chi connectivity index (χ2v) is 11.7. The summed E-state index contributed by atoms with van der Waals surface area (Å²) in [6.07, 6.45) is 7.47. The summed E-state index contributed by atoms with van der Waals surface area (Å²) in [6.45, 7) is 5.51. The molecular formula is C30H28BN6P. The highest BCUT2D eigenvalue weighted by molar-refractivity contribution is 7.80. The molecule has 3 aromatic carbocycles. The molecule has 1 aliphatic heterocycles. The Morgan fingerprint density at radius 1 is 0.974 bits per heavy atom. The fraction of sp³-hybridized carbons (Fsp3) is 0.233. The monoisotopic (exact) mass is 514 g/mol. The molecule has 0 bridgehead atoms. The average Bonchev–Trinajstić information content (AvgIpc) is 3.69. The molecule has 6 aromatic rings. The van der Waals surface area contributed by atoms with Crippen LogP contribution in [0.3, 0.4) is 0 Å². The Hall–Kier alpha value is -3.54. The molecule has 4 heterocycles. The first-order chi connectivity index (χ1) is 18.7. The molecule has 1 fully saturated rings. The van der Waals surface area contributed by atoms with Crippen molar-refractivity contribution < 1.29 is 0 Å². The molecule has 1 saturated heterocycles. The van der Waals surface area contributed by atoms with Gasteiger partial charge in [-0.2, -0.15) is 5.10 Å². The molecule has 7 rings (SSSR count). The van der Waals surface area contributed by atoms with E-state index in [2.05, 4.69) is 69.5 Å². The number of fused-ring (bicyclic) bond motifs is 3. The molecular weight excluding hydrogens is 486 g/mol. The third kappa shape index (κ3) is 4.11. The minimum atomic E-state index is -0.952. The van der Waals surface area contributed by atoms with Gasteiger partial charge in [0.2, 0.25) is 0 Å². The van der Waals surface area contributed by atoms with Crippen LogP contribution >= 0.6 is 7.95 Å². The maximum atomic E-state index is 6.41. The minimum Gasteiger partial charge on any atom is -0.337 e. The fourth-order valence-electron chi connectivity index (χ4n) is 5.72. The molecule has 1 aliphatic rings. The lowest BCUT2D eigenvalue weighted by atomic mass is 9.99. The summed E-state index contributed by atoms with van der Waals surface area (Å²) in [5.41, 5.74) is 7.40. The standard InChI is InChI=1S/C30H28BN6P/c1-38(31)37-27-12-11-21(25-19-32-18-22-7-2-3-9-23(22)25)17-24(27)29(35-37)30-33-26-10-6-8-20(28(26)34-30)13-16-36-14-4-5-15-36/h2-3,6-12,17-19H,4-5,13-16H2,1H3,(H,33,34). The van der Waals surface area contributed by atoms with E-state index in [0.29, 0.717) is 0 Å². The van der Waals surface area contributed by atoms with Gasteiger partial charge in [-0.3, -0.25) is 9.44 Å².